The number of hydrogen-bond acceptors (Lipinski definition) is 25. The number of hydrogen-bond donors (Lipinski definition) is 14. The van der Waals surface area contributed by atoms with E-state index < -0.39 is 177 Å². The van der Waals surface area contributed by atoms with E-state index in [1.165, 1.54) is 19.4 Å². The molecule has 25 nitrogen and oxygen atoms in total. The summed E-state index contributed by atoms with van der Waals surface area (Å²) in [7, 11) is 0. The first-order valence-electron chi connectivity index (χ1n) is 30.5. The van der Waals surface area contributed by atoms with Crippen molar-refractivity contribution in [3.8, 4) is 0 Å². The molecular weight excluding hydrogens is 1110 g/mol. The Balaban J connectivity index is 0.802. The summed E-state index contributed by atoms with van der Waals surface area (Å²) in [5.74, 6) is -0.395. The van der Waals surface area contributed by atoms with Crippen molar-refractivity contribution in [3.63, 3.8) is 0 Å². The molecular formula is C59H96O25. The Morgan fingerprint density at radius 1 is 0.560 bits per heavy atom. The third-order valence-corrected chi connectivity index (χ3v) is 23.1. The van der Waals surface area contributed by atoms with E-state index in [-0.39, 0.29) is 52.1 Å². The zero-order chi connectivity index (χ0) is 61.3. The van der Waals surface area contributed by atoms with Crippen molar-refractivity contribution in [1.29, 1.82) is 0 Å². The van der Waals surface area contributed by atoms with Gasteiger partial charge in [0.05, 0.1) is 43.5 Å². The zero-order valence-electron chi connectivity index (χ0n) is 49.7. The van der Waals surface area contributed by atoms with Gasteiger partial charge in [0.25, 0.3) is 0 Å². The number of carbonyl (C=O) groups excluding carboxylic acids is 1. The highest BCUT2D eigenvalue weighted by Gasteiger charge is 2.70. The summed E-state index contributed by atoms with van der Waals surface area (Å²) in [5.41, 5.74) is -1.01. The van der Waals surface area contributed by atoms with Gasteiger partial charge in [0.2, 0.25) is 6.29 Å². The predicted octanol–water partition coefficient (Wildman–Crippen LogP) is -1.52. The molecule has 5 heterocycles. The first kappa shape index (κ1) is 65.2. The Bertz CT molecular complexity index is 2340. The second kappa shape index (κ2) is 23.8. The van der Waals surface area contributed by atoms with Crippen LogP contribution in [0.4, 0.5) is 0 Å². The number of aliphatic hydroxyl groups is 14. The molecule has 5 aliphatic carbocycles. The van der Waals surface area contributed by atoms with E-state index in [4.69, 9.17) is 47.4 Å². The molecule has 0 unspecified atom stereocenters. The van der Waals surface area contributed by atoms with E-state index >= 15 is 4.79 Å². The molecule has 0 radical (unpaired) electrons. The first-order valence-corrected chi connectivity index (χ1v) is 30.5. The van der Waals surface area contributed by atoms with E-state index in [2.05, 4.69) is 54.5 Å². The van der Waals surface area contributed by atoms with Crippen LogP contribution in [0.1, 0.15) is 127 Å². The monoisotopic (exact) mass is 1200 g/mol. The van der Waals surface area contributed by atoms with E-state index in [0.717, 1.165) is 25.7 Å². The molecule has 10 rings (SSSR count). The Morgan fingerprint density at radius 2 is 1.13 bits per heavy atom. The van der Waals surface area contributed by atoms with E-state index in [9.17, 15) is 71.5 Å². The highest BCUT2D eigenvalue weighted by atomic mass is 16.8. The molecule has 14 N–H and O–H groups in total. The first-order chi connectivity index (χ1) is 39.3. The average molecular weight is 1210 g/mol. The number of rotatable bonds is 12. The van der Waals surface area contributed by atoms with Gasteiger partial charge in [0.15, 0.2) is 25.2 Å². The van der Waals surface area contributed by atoms with Gasteiger partial charge in [-0.2, -0.15) is 0 Å². The summed E-state index contributed by atoms with van der Waals surface area (Å²) in [5, 5.41) is 151. The van der Waals surface area contributed by atoms with Crippen molar-refractivity contribution in [2.24, 2.45) is 50.2 Å². The zero-order valence-corrected chi connectivity index (χ0v) is 49.7. The van der Waals surface area contributed by atoms with Crippen molar-refractivity contribution < 1.29 is 124 Å². The van der Waals surface area contributed by atoms with Gasteiger partial charge in [0.1, 0.15) is 104 Å². The lowest BCUT2D eigenvalue weighted by atomic mass is 9.33. The van der Waals surface area contributed by atoms with Crippen molar-refractivity contribution in [3.05, 3.63) is 11.6 Å². The standard InChI is InChI=1S/C59H96O25/c1-24-34(61)38(65)43(70)50(77-24)80-30-23-76-49(42(69)37(30)64)82-33-13-14-56(7)31(55(33,5)6)12-15-58(9)32(56)11-10-26-27-20-54(3,4)16-18-59(27,19-17-57(26,58)8)53(74)84-52-45(72)40(67)36(63)29(81-52)22-75-48-46(73)41(68)47(28(21-60)79-48)83-51-44(71)39(66)35(62)25(2)78-51/h10,24-25,27-52,60-73H,11-23H2,1-9H3/t24-,25-,27-,28+,29+,30-,31-,32+,33-,34-,35-,36+,37-,38+,39+,40-,41+,42+,43+,44+,45+,46+,47+,48+,49-,50-,51-,52-,56-,57+,58+,59-/m0/s1. The van der Waals surface area contributed by atoms with Crippen LogP contribution in [0.2, 0.25) is 0 Å². The number of allylic oxidation sites excluding steroid dienone is 2. The van der Waals surface area contributed by atoms with Gasteiger partial charge < -0.3 is 119 Å². The molecule has 0 amide bonds. The molecule has 32 atom stereocenters. The number of ether oxygens (including phenoxy) is 10. The minimum Gasteiger partial charge on any atom is -0.432 e. The largest absolute Gasteiger partial charge is 0.432 e. The fourth-order valence-corrected chi connectivity index (χ4v) is 17.5. The summed E-state index contributed by atoms with van der Waals surface area (Å²) in [4.78, 5) is 15.2. The van der Waals surface area contributed by atoms with Crippen LogP contribution in [0.25, 0.3) is 0 Å². The molecule has 0 aromatic rings. The summed E-state index contributed by atoms with van der Waals surface area (Å²) >= 11 is 0. The Hall–Kier alpha value is -1.71. The van der Waals surface area contributed by atoms with Crippen LogP contribution >= 0.6 is 0 Å². The van der Waals surface area contributed by atoms with Gasteiger partial charge >= 0.3 is 5.97 Å². The quantitative estimate of drug-likeness (QED) is 0.0600. The fourth-order valence-electron chi connectivity index (χ4n) is 17.5. The molecule has 0 spiro atoms. The second-order valence-electron chi connectivity index (χ2n) is 28.6. The maximum atomic E-state index is 15.2. The van der Waals surface area contributed by atoms with Crippen molar-refractivity contribution in [1.82, 2.24) is 0 Å². The van der Waals surface area contributed by atoms with Gasteiger partial charge in [-0.05, 0) is 123 Å². The number of esters is 1. The number of aliphatic hydroxyl groups excluding tert-OH is 14. The molecule has 84 heavy (non-hydrogen) atoms. The van der Waals surface area contributed by atoms with Gasteiger partial charge in [0, 0.05) is 0 Å². The molecule has 4 saturated carbocycles. The lowest BCUT2D eigenvalue weighted by Gasteiger charge is -2.71. The molecule has 0 bridgehead atoms. The van der Waals surface area contributed by atoms with Gasteiger partial charge in [-0.3, -0.25) is 4.79 Å². The summed E-state index contributed by atoms with van der Waals surface area (Å²) in [6, 6.07) is 0. The predicted molar refractivity (Wildman–Crippen MR) is 287 cm³/mol. The highest BCUT2D eigenvalue weighted by molar-refractivity contribution is 5.79. The highest BCUT2D eigenvalue weighted by Crippen LogP contribution is 2.76. The molecule has 0 aromatic heterocycles. The molecule has 9 fully saturated rings. The Labute approximate surface area is 490 Å². The third-order valence-electron chi connectivity index (χ3n) is 23.1. The summed E-state index contributed by atoms with van der Waals surface area (Å²) in [6.07, 6.45) is -27.5. The van der Waals surface area contributed by atoms with Gasteiger partial charge in [-0.25, -0.2) is 0 Å². The van der Waals surface area contributed by atoms with Crippen LogP contribution < -0.4 is 0 Å². The molecule has 482 valence electrons. The average Bonchev–Trinajstić information content (AvgIpc) is 0.721. The fraction of sp³-hybridized carbons (Fsp3) is 0.949. The van der Waals surface area contributed by atoms with Crippen LogP contribution in [0.3, 0.4) is 0 Å². The van der Waals surface area contributed by atoms with E-state index in [1.807, 2.05) is 0 Å². The van der Waals surface area contributed by atoms with Crippen LogP contribution in [0.15, 0.2) is 11.6 Å². The van der Waals surface area contributed by atoms with Crippen molar-refractivity contribution >= 4 is 5.97 Å². The SMILES string of the molecule is C[C@@H]1O[C@@H](O[C@H]2[C@H](O)[C@@H](O)[C@H](OC[C@H]3O[C@@H](OC(=O)[C@]45CCC(C)(C)C[C@H]4C4=CC[C@@H]6[C@@]7(C)CC[C@H](O[C@@H]8OC[C@H](O[C@@H]9O[C@@H](C)[C@H](O)[C@@H](O)[C@H]9O)[C@H](O)[C@H]8O)C(C)(C)[C@@H]7CC[C@@]6(C)[C@]4(C)CC5)[C@H](O)[C@@H](O)[C@@H]3O)O[C@@H]2CO)[C@H](O)[C@H](O)[C@H]1O. The summed E-state index contributed by atoms with van der Waals surface area (Å²) < 4.78 is 59.0. The smallest absolute Gasteiger partial charge is 0.315 e. The normalized spacial score (nSPS) is 54.6. The summed E-state index contributed by atoms with van der Waals surface area (Å²) in [6.45, 7) is 17.4. The van der Waals surface area contributed by atoms with Crippen LogP contribution in [-0.4, -0.2) is 251 Å². The maximum Gasteiger partial charge on any atom is 0.315 e. The minimum atomic E-state index is -1.88. The Morgan fingerprint density at radius 3 is 1.77 bits per heavy atom. The van der Waals surface area contributed by atoms with Crippen LogP contribution in [-0.2, 0) is 52.2 Å². The molecule has 5 saturated heterocycles. The second-order valence-corrected chi connectivity index (χ2v) is 28.6. The third kappa shape index (κ3) is 10.9. The van der Waals surface area contributed by atoms with E-state index in [1.54, 1.807) is 0 Å². The molecule has 10 aliphatic rings. The van der Waals surface area contributed by atoms with Crippen LogP contribution in [0, 0.1) is 50.2 Å². The molecule has 5 aliphatic heterocycles. The number of fused-ring (bicyclic) bond motifs is 7. The van der Waals surface area contributed by atoms with E-state index in [0.29, 0.717) is 38.5 Å². The minimum absolute atomic E-state index is 0.143. The van der Waals surface area contributed by atoms with Gasteiger partial charge in [-0.15, -0.1) is 0 Å². The van der Waals surface area contributed by atoms with Crippen LogP contribution in [0.5, 0.6) is 0 Å². The number of carbonyl (C=O) groups is 1. The molecule has 0 aromatic carbocycles. The lowest BCUT2D eigenvalue weighted by molar-refractivity contribution is -0.361. The van der Waals surface area contributed by atoms with Crippen molar-refractivity contribution in [2.75, 3.05) is 19.8 Å². The van der Waals surface area contributed by atoms with Gasteiger partial charge in [-0.1, -0.05) is 60.1 Å². The lowest BCUT2D eigenvalue weighted by Crippen LogP contribution is -2.66. The Kier molecular flexibility index (Phi) is 18.5. The maximum absolute atomic E-state index is 15.2. The van der Waals surface area contributed by atoms with Crippen molar-refractivity contribution in [2.45, 2.75) is 280 Å². The topological polar surface area (TPSA) is 393 Å². The molecule has 25 heteroatoms.